The predicted molar refractivity (Wildman–Crippen MR) is 145 cm³/mol. The van der Waals surface area contributed by atoms with Gasteiger partial charge in [-0.1, -0.05) is 48.5 Å². The fourth-order valence-corrected chi connectivity index (χ4v) is 6.00. The van der Waals surface area contributed by atoms with E-state index in [0.29, 0.717) is 6.54 Å². The number of pyridine rings is 1. The first-order chi connectivity index (χ1) is 18.5. The molecule has 38 heavy (non-hydrogen) atoms. The summed E-state index contributed by atoms with van der Waals surface area (Å²) >= 11 is 0. The molecule has 5 unspecified atom stereocenters. The van der Waals surface area contributed by atoms with Crippen molar-refractivity contribution in [3.05, 3.63) is 84.6 Å². The van der Waals surface area contributed by atoms with Gasteiger partial charge in [-0.3, -0.25) is 14.7 Å². The number of imide groups is 1. The van der Waals surface area contributed by atoms with Crippen molar-refractivity contribution in [2.45, 2.75) is 50.2 Å². The third kappa shape index (κ3) is 4.42. The summed E-state index contributed by atoms with van der Waals surface area (Å²) in [5.41, 5.74) is 13.9. The Morgan fingerprint density at radius 3 is 2.45 bits per heavy atom. The molecule has 3 aromatic rings. The summed E-state index contributed by atoms with van der Waals surface area (Å²) in [4.78, 5) is 34.5. The Morgan fingerprint density at radius 2 is 1.76 bits per heavy atom. The zero-order valence-corrected chi connectivity index (χ0v) is 21.4. The van der Waals surface area contributed by atoms with Crippen LogP contribution in [0.25, 0.3) is 11.3 Å². The van der Waals surface area contributed by atoms with E-state index in [1.165, 1.54) is 4.90 Å². The summed E-state index contributed by atoms with van der Waals surface area (Å²) in [5.74, 6) is -0.699. The molecule has 1 aromatic heterocycles. The van der Waals surface area contributed by atoms with E-state index in [1.54, 1.807) is 13.2 Å². The van der Waals surface area contributed by atoms with Crippen LogP contribution in [0.3, 0.4) is 0 Å². The van der Waals surface area contributed by atoms with E-state index in [2.05, 4.69) is 45.0 Å². The van der Waals surface area contributed by atoms with Crippen molar-refractivity contribution in [3.8, 4) is 11.3 Å². The van der Waals surface area contributed by atoms with Gasteiger partial charge in [-0.2, -0.15) is 0 Å². The first-order valence-corrected chi connectivity index (χ1v) is 13.2. The Kier molecular flexibility index (Phi) is 6.57. The van der Waals surface area contributed by atoms with Crippen LogP contribution in [0.4, 0.5) is 10.5 Å². The Bertz CT molecular complexity index is 1290. The van der Waals surface area contributed by atoms with Gasteiger partial charge in [0.1, 0.15) is 18.2 Å². The number of nitrogens with two attached hydrogens (primary N) is 1. The number of anilines is 1. The van der Waals surface area contributed by atoms with E-state index in [4.69, 9.17) is 5.73 Å². The van der Waals surface area contributed by atoms with E-state index < -0.39 is 12.1 Å². The van der Waals surface area contributed by atoms with E-state index in [-0.39, 0.29) is 30.2 Å². The van der Waals surface area contributed by atoms with Gasteiger partial charge in [-0.15, -0.1) is 0 Å². The van der Waals surface area contributed by atoms with E-state index in [1.807, 2.05) is 53.4 Å². The third-order valence-electron chi connectivity index (χ3n) is 7.98. The molecule has 5 atom stereocenters. The van der Waals surface area contributed by atoms with Crippen LogP contribution in [-0.4, -0.2) is 63.2 Å². The molecule has 2 aliphatic heterocycles. The van der Waals surface area contributed by atoms with Crippen molar-refractivity contribution in [2.24, 2.45) is 11.7 Å². The first-order valence-electron chi connectivity index (χ1n) is 13.2. The second-order valence-electron chi connectivity index (χ2n) is 10.3. The van der Waals surface area contributed by atoms with Gasteiger partial charge in [-0.25, -0.2) is 15.2 Å². The second kappa shape index (κ2) is 10.2. The predicted octanol–water partition coefficient (Wildman–Crippen LogP) is 3.22. The number of aromatic nitrogens is 1. The topological polar surface area (TPSA) is 107 Å². The molecule has 6 rings (SSSR count). The van der Waals surface area contributed by atoms with Crippen LogP contribution >= 0.6 is 0 Å². The highest BCUT2D eigenvalue weighted by Gasteiger charge is 2.57. The standard InChI is InChI=1S/C29H33N7O2/c1-34-28(37)25-26(32-21-8-3-2-4-9-21)35(33-27(25)36(29(34)38)24-12-7-10-22(24)30)18-19-13-15-20(16-14-19)23-11-5-6-17-31-23/h2-6,8-9,11,13-17,22,24-27,32-33H,7,10,12,18,30H2,1H3. The Hall–Kier alpha value is -3.79. The van der Waals surface area contributed by atoms with Gasteiger partial charge in [-0.05, 0) is 49.1 Å². The maximum absolute atomic E-state index is 13.6. The highest BCUT2D eigenvalue weighted by molar-refractivity contribution is 5.99. The molecule has 4 N–H and O–H groups in total. The smallest absolute Gasteiger partial charge is 0.328 e. The number of nitrogens with zero attached hydrogens (tertiary/aromatic N) is 4. The average Bonchev–Trinajstić information content (AvgIpc) is 3.52. The van der Waals surface area contributed by atoms with Crippen LogP contribution in [0, 0.1) is 5.92 Å². The summed E-state index contributed by atoms with van der Waals surface area (Å²) in [5, 5.41) is 5.62. The molecule has 0 bridgehead atoms. The quantitative estimate of drug-likeness (QED) is 0.467. The third-order valence-corrected chi connectivity index (χ3v) is 7.98. The highest BCUT2D eigenvalue weighted by Crippen LogP contribution is 2.37. The number of nitrogens with one attached hydrogen (secondary N) is 2. The molecular formula is C29H33N7O2. The minimum atomic E-state index is -0.501. The zero-order valence-electron chi connectivity index (χ0n) is 21.4. The monoisotopic (exact) mass is 511 g/mol. The molecule has 3 aliphatic rings. The molecule has 0 spiro atoms. The van der Waals surface area contributed by atoms with E-state index in [0.717, 1.165) is 41.8 Å². The lowest BCUT2D eigenvalue weighted by molar-refractivity contribution is -0.138. The number of hydrogen-bond donors (Lipinski definition) is 3. The van der Waals surface area contributed by atoms with Crippen molar-refractivity contribution < 1.29 is 9.59 Å². The Balaban J connectivity index is 1.32. The molecule has 3 amide bonds. The molecule has 9 nitrogen and oxygen atoms in total. The normalized spacial score (nSPS) is 27.6. The number of benzene rings is 2. The van der Waals surface area contributed by atoms with Crippen molar-refractivity contribution in [1.82, 2.24) is 25.2 Å². The molecule has 1 saturated carbocycles. The minimum Gasteiger partial charge on any atom is -0.368 e. The lowest BCUT2D eigenvalue weighted by Gasteiger charge is -2.44. The van der Waals surface area contributed by atoms with Gasteiger partial charge in [0.05, 0.1) is 11.7 Å². The van der Waals surface area contributed by atoms with Crippen LogP contribution in [0.2, 0.25) is 0 Å². The molecule has 2 aromatic carbocycles. The highest BCUT2D eigenvalue weighted by atomic mass is 16.2. The van der Waals surface area contributed by atoms with Crippen molar-refractivity contribution in [2.75, 3.05) is 12.4 Å². The zero-order chi connectivity index (χ0) is 26.2. The minimum absolute atomic E-state index is 0.100. The molecule has 9 heteroatoms. The molecule has 196 valence electrons. The molecule has 3 heterocycles. The number of amides is 3. The molecule has 3 fully saturated rings. The van der Waals surface area contributed by atoms with Gasteiger partial charge in [0.25, 0.3) is 0 Å². The average molecular weight is 512 g/mol. The largest absolute Gasteiger partial charge is 0.368 e. The maximum atomic E-state index is 13.6. The van der Waals surface area contributed by atoms with E-state index in [9.17, 15) is 9.59 Å². The summed E-state index contributed by atoms with van der Waals surface area (Å²) in [7, 11) is 1.58. The maximum Gasteiger partial charge on any atom is 0.328 e. The van der Waals surface area contributed by atoms with Crippen molar-refractivity contribution in [1.29, 1.82) is 0 Å². The number of para-hydroxylation sites is 1. The van der Waals surface area contributed by atoms with Crippen LogP contribution in [-0.2, 0) is 11.3 Å². The van der Waals surface area contributed by atoms with Gasteiger partial charge in [0.2, 0.25) is 5.91 Å². The van der Waals surface area contributed by atoms with E-state index >= 15 is 0 Å². The van der Waals surface area contributed by atoms with Gasteiger partial charge >= 0.3 is 6.03 Å². The van der Waals surface area contributed by atoms with Crippen LogP contribution in [0.15, 0.2) is 79.0 Å². The van der Waals surface area contributed by atoms with Crippen LogP contribution < -0.4 is 16.5 Å². The SMILES string of the molecule is CN1C(=O)C2C(Nc3ccccc3)N(Cc3ccc(-c4ccccn4)cc3)NC2N(C2CCCC2N)C1=O. The number of fused-ring (bicyclic) bond motifs is 1. The summed E-state index contributed by atoms with van der Waals surface area (Å²) < 4.78 is 0. The summed E-state index contributed by atoms with van der Waals surface area (Å²) in [6.07, 6.45) is 3.63. The fraction of sp³-hybridized carbons (Fsp3) is 0.345. The number of hydrazine groups is 1. The fourth-order valence-electron chi connectivity index (χ4n) is 6.00. The second-order valence-corrected chi connectivity index (χ2v) is 10.3. The number of carbonyl (C=O) groups excluding carboxylic acids is 2. The molecule has 0 radical (unpaired) electrons. The van der Waals surface area contributed by atoms with Gasteiger partial charge in [0, 0.05) is 37.1 Å². The molecular weight excluding hydrogens is 478 g/mol. The molecule has 2 saturated heterocycles. The van der Waals surface area contributed by atoms with Crippen molar-refractivity contribution >= 4 is 17.6 Å². The number of rotatable bonds is 6. The van der Waals surface area contributed by atoms with Crippen LogP contribution in [0.1, 0.15) is 24.8 Å². The molecule has 1 aliphatic carbocycles. The lowest BCUT2D eigenvalue weighted by atomic mass is 9.96. The lowest BCUT2D eigenvalue weighted by Crippen LogP contribution is -2.67. The van der Waals surface area contributed by atoms with Crippen LogP contribution in [0.5, 0.6) is 0 Å². The summed E-state index contributed by atoms with van der Waals surface area (Å²) in [6.45, 7) is 0.537. The number of carbonyl (C=O) groups is 2. The summed E-state index contributed by atoms with van der Waals surface area (Å²) in [6, 6.07) is 23.5. The first kappa shape index (κ1) is 24.5. The van der Waals surface area contributed by atoms with Gasteiger partial charge in [0.15, 0.2) is 0 Å². The van der Waals surface area contributed by atoms with Crippen molar-refractivity contribution in [3.63, 3.8) is 0 Å². The Labute approximate surface area is 222 Å². The number of hydrogen-bond acceptors (Lipinski definition) is 7. The Morgan fingerprint density at radius 1 is 1.00 bits per heavy atom. The number of urea groups is 1. The van der Waals surface area contributed by atoms with Gasteiger partial charge < -0.3 is 16.0 Å².